The molecule has 1 unspecified atom stereocenters. The minimum absolute atomic E-state index is 0.0381. The van der Waals surface area contributed by atoms with Crippen LogP contribution in [-0.4, -0.2) is 78.5 Å². The summed E-state index contributed by atoms with van der Waals surface area (Å²) in [6.45, 7) is 4.81. The molecule has 1 amide bonds. The number of unbranched alkanes of at least 4 members (excludes halogenated alkanes) is 1. The van der Waals surface area contributed by atoms with Crippen molar-refractivity contribution in [2.75, 3.05) is 45.2 Å². The predicted molar refractivity (Wildman–Crippen MR) is 122 cm³/mol. The van der Waals surface area contributed by atoms with E-state index >= 15 is 0 Å². The lowest BCUT2D eigenvalue weighted by atomic mass is 10.1. The molecule has 0 saturated heterocycles. The minimum atomic E-state index is -1.55. The van der Waals surface area contributed by atoms with Gasteiger partial charge in [0.05, 0.1) is 6.61 Å². The molecule has 3 N–H and O–H groups in total. The smallest absolute Gasteiger partial charge is 0.326 e. The molecule has 9 heteroatoms. The van der Waals surface area contributed by atoms with Crippen molar-refractivity contribution in [2.24, 2.45) is 0 Å². The van der Waals surface area contributed by atoms with Gasteiger partial charge in [0.15, 0.2) is 0 Å². The van der Waals surface area contributed by atoms with Gasteiger partial charge in [-0.15, -0.1) is 0 Å². The maximum absolute atomic E-state index is 14.8. The van der Waals surface area contributed by atoms with Crippen LogP contribution in [-0.2, 0) is 27.2 Å². The quantitative estimate of drug-likeness (QED) is 0.373. The van der Waals surface area contributed by atoms with E-state index in [9.17, 15) is 19.1 Å². The van der Waals surface area contributed by atoms with E-state index in [1.54, 1.807) is 0 Å². The van der Waals surface area contributed by atoms with Gasteiger partial charge in [0.25, 0.3) is 0 Å². The van der Waals surface area contributed by atoms with E-state index in [4.69, 9.17) is 9.72 Å². The Kier molecular flexibility index (Phi) is 10.3. The fraction of sp³-hybridized carbons (Fsp3) is 0.696. The first-order valence-corrected chi connectivity index (χ1v) is 11.3. The van der Waals surface area contributed by atoms with Gasteiger partial charge in [0.1, 0.15) is 17.5 Å². The molecular formula is C23H37FN4O4. The number of amides is 1. The molecule has 0 radical (unpaired) electrons. The van der Waals surface area contributed by atoms with Crippen LogP contribution in [0.5, 0.6) is 0 Å². The molecule has 1 aromatic heterocycles. The number of hydrogen-bond donors (Lipinski definition) is 3. The summed E-state index contributed by atoms with van der Waals surface area (Å²) in [6.07, 6.45) is 4.94. The Labute approximate surface area is 189 Å². The van der Waals surface area contributed by atoms with Crippen LogP contribution in [0.15, 0.2) is 12.1 Å². The second kappa shape index (κ2) is 12.7. The number of aromatic nitrogens is 1. The van der Waals surface area contributed by atoms with Crippen molar-refractivity contribution in [3.63, 3.8) is 0 Å². The largest absolute Gasteiger partial charge is 0.480 e. The molecule has 1 aromatic rings. The normalized spacial score (nSPS) is 16.0. The van der Waals surface area contributed by atoms with Crippen LogP contribution in [0.2, 0.25) is 0 Å². The summed E-state index contributed by atoms with van der Waals surface area (Å²) in [6, 6.07) is 3.23. The number of rotatable bonds is 14. The summed E-state index contributed by atoms with van der Waals surface area (Å²) in [5, 5.41) is 15.1. The fourth-order valence-corrected chi connectivity index (χ4v) is 4.05. The number of fused-ring (bicyclic) bond motifs is 1. The van der Waals surface area contributed by atoms with Crippen molar-refractivity contribution in [3.8, 4) is 0 Å². The van der Waals surface area contributed by atoms with Gasteiger partial charge in [-0.1, -0.05) is 6.07 Å². The molecule has 0 aromatic carbocycles. The zero-order valence-electron chi connectivity index (χ0n) is 19.5. The van der Waals surface area contributed by atoms with E-state index in [1.165, 1.54) is 26.5 Å². The van der Waals surface area contributed by atoms with Crippen LogP contribution < -0.4 is 10.6 Å². The number of ether oxygens (including phenoxy) is 1. The van der Waals surface area contributed by atoms with E-state index in [2.05, 4.69) is 22.8 Å². The average Bonchev–Trinajstić information content (AvgIpc) is 2.73. The molecular weight excluding hydrogens is 415 g/mol. The van der Waals surface area contributed by atoms with E-state index in [-0.39, 0.29) is 19.6 Å². The third-order valence-electron chi connectivity index (χ3n) is 5.52. The predicted octanol–water partition coefficient (Wildman–Crippen LogP) is 2.42. The molecule has 1 aliphatic rings. The van der Waals surface area contributed by atoms with Gasteiger partial charge in [-0.05, 0) is 63.6 Å². The standard InChI is InChI=1S/C23H37FN4O4/c1-17(29)26-20(22(30)31)11-14-28(15-23(2,24)16-32-3)13-5-4-8-19-10-9-18-7-6-12-25-21(18)27-19/h9-10,20H,4-8,11-16H2,1-3H3,(H,25,27)(H,26,29)(H,30,31)/t20?,23-/m0/s1. The summed E-state index contributed by atoms with van der Waals surface area (Å²) >= 11 is 0. The lowest BCUT2D eigenvalue weighted by Gasteiger charge is -2.30. The van der Waals surface area contributed by atoms with Crippen LogP contribution in [0.1, 0.15) is 50.8 Å². The maximum atomic E-state index is 14.8. The van der Waals surface area contributed by atoms with Crippen LogP contribution in [0.25, 0.3) is 0 Å². The van der Waals surface area contributed by atoms with Gasteiger partial charge in [-0.25, -0.2) is 14.2 Å². The number of hydrogen-bond acceptors (Lipinski definition) is 6. The Balaban J connectivity index is 1.89. The van der Waals surface area contributed by atoms with Crippen molar-refractivity contribution < 1.29 is 23.8 Å². The van der Waals surface area contributed by atoms with Gasteiger partial charge >= 0.3 is 5.97 Å². The number of aliphatic carboxylic acids is 1. The first-order chi connectivity index (χ1) is 15.2. The number of halogens is 1. The van der Waals surface area contributed by atoms with Crippen LogP contribution in [0.4, 0.5) is 10.2 Å². The molecule has 2 heterocycles. The number of carbonyl (C=O) groups excluding carboxylic acids is 1. The Bertz CT molecular complexity index is 760. The van der Waals surface area contributed by atoms with Gasteiger partial charge < -0.3 is 20.5 Å². The number of carboxylic acids is 1. The SMILES string of the molecule is COC[C@@](C)(F)CN(CCCCc1ccc2c(n1)NCCC2)CCC(NC(C)=O)C(=O)O. The topological polar surface area (TPSA) is 104 Å². The average molecular weight is 453 g/mol. The highest BCUT2D eigenvalue weighted by Gasteiger charge is 2.28. The number of anilines is 1. The highest BCUT2D eigenvalue weighted by atomic mass is 19.1. The zero-order valence-corrected chi connectivity index (χ0v) is 19.5. The number of nitrogens with one attached hydrogen (secondary N) is 2. The molecule has 0 bridgehead atoms. The third-order valence-corrected chi connectivity index (χ3v) is 5.52. The highest BCUT2D eigenvalue weighted by Crippen LogP contribution is 2.20. The number of methoxy groups -OCH3 is 1. The summed E-state index contributed by atoms with van der Waals surface area (Å²) in [7, 11) is 1.46. The number of carboxylic acid groups (broad SMARTS) is 1. The second-order valence-electron chi connectivity index (χ2n) is 8.80. The number of pyridine rings is 1. The number of aryl methyl sites for hydroxylation is 2. The first-order valence-electron chi connectivity index (χ1n) is 11.3. The zero-order chi connectivity index (χ0) is 23.6. The van der Waals surface area contributed by atoms with Crippen molar-refractivity contribution >= 4 is 17.7 Å². The number of alkyl halides is 1. The molecule has 0 aliphatic carbocycles. The maximum Gasteiger partial charge on any atom is 0.326 e. The fourth-order valence-electron chi connectivity index (χ4n) is 4.05. The summed E-state index contributed by atoms with van der Waals surface area (Å²) < 4.78 is 19.8. The number of nitrogens with zero attached hydrogens (tertiary/aromatic N) is 2. The van der Waals surface area contributed by atoms with E-state index in [0.717, 1.165) is 50.2 Å². The third kappa shape index (κ3) is 9.08. The minimum Gasteiger partial charge on any atom is -0.480 e. The van der Waals surface area contributed by atoms with Crippen LogP contribution >= 0.6 is 0 Å². The van der Waals surface area contributed by atoms with Crippen LogP contribution in [0.3, 0.4) is 0 Å². The molecule has 2 rings (SSSR count). The van der Waals surface area contributed by atoms with Crippen LogP contribution in [0, 0.1) is 0 Å². The molecule has 32 heavy (non-hydrogen) atoms. The van der Waals surface area contributed by atoms with Gasteiger partial charge in [0.2, 0.25) is 5.91 Å². The second-order valence-corrected chi connectivity index (χ2v) is 8.80. The van der Waals surface area contributed by atoms with Gasteiger partial charge in [-0.3, -0.25) is 9.69 Å². The van der Waals surface area contributed by atoms with E-state index in [1.807, 2.05) is 4.90 Å². The Morgan fingerprint density at radius 1 is 1.38 bits per heavy atom. The molecule has 0 saturated carbocycles. The monoisotopic (exact) mass is 452 g/mol. The Morgan fingerprint density at radius 3 is 2.84 bits per heavy atom. The summed E-state index contributed by atoms with van der Waals surface area (Å²) in [4.78, 5) is 29.3. The first kappa shape index (κ1) is 26.0. The van der Waals surface area contributed by atoms with E-state index in [0.29, 0.717) is 13.1 Å². The molecule has 2 atom stereocenters. The molecule has 0 fully saturated rings. The van der Waals surface area contributed by atoms with E-state index < -0.39 is 23.6 Å². The summed E-state index contributed by atoms with van der Waals surface area (Å²) in [5.74, 6) is -0.501. The Hall–Kier alpha value is -2.26. The highest BCUT2D eigenvalue weighted by molar-refractivity contribution is 5.82. The lowest BCUT2D eigenvalue weighted by molar-refractivity contribution is -0.141. The molecule has 0 spiro atoms. The molecule has 8 nitrogen and oxygen atoms in total. The van der Waals surface area contributed by atoms with Crippen molar-refractivity contribution in [2.45, 2.75) is 64.1 Å². The van der Waals surface area contributed by atoms with Crippen molar-refractivity contribution in [1.82, 2.24) is 15.2 Å². The van der Waals surface area contributed by atoms with Crippen molar-refractivity contribution in [3.05, 3.63) is 23.4 Å². The Morgan fingerprint density at radius 2 is 2.16 bits per heavy atom. The molecule has 180 valence electrons. The van der Waals surface area contributed by atoms with Crippen molar-refractivity contribution in [1.29, 1.82) is 0 Å². The van der Waals surface area contributed by atoms with Gasteiger partial charge in [-0.2, -0.15) is 0 Å². The molecule has 1 aliphatic heterocycles. The lowest BCUT2D eigenvalue weighted by Crippen LogP contribution is -2.45. The summed E-state index contributed by atoms with van der Waals surface area (Å²) in [5.41, 5.74) is 0.752. The number of carbonyl (C=O) groups is 2. The van der Waals surface area contributed by atoms with Gasteiger partial charge in [0, 0.05) is 39.4 Å².